The molecule has 1 N–H and O–H groups in total. The smallest absolute Gasteiger partial charge is 0.0399 e. The van der Waals surface area contributed by atoms with Crippen molar-refractivity contribution in [2.24, 2.45) is 0 Å². The molecule has 1 nitrogen and oxygen atoms in total. The zero-order valence-corrected chi connectivity index (χ0v) is 9.47. The van der Waals surface area contributed by atoms with Crippen LogP contribution in [0.25, 0.3) is 0 Å². The van der Waals surface area contributed by atoms with E-state index in [1.54, 1.807) is 0 Å². The number of allylic oxidation sites excluding steroid dienone is 1. The zero-order chi connectivity index (χ0) is 10.2. The van der Waals surface area contributed by atoms with Gasteiger partial charge in [-0.05, 0) is 32.2 Å². The van der Waals surface area contributed by atoms with E-state index in [2.05, 4.69) is 42.6 Å². The molecule has 0 aliphatic carbocycles. The van der Waals surface area contributed by atoms with E-state index < -0.39 is 0 Å². The van der Waals surface area contributed by atoms with Crippen LogP contribution in [0.3, 0.4) is 0 Å². The SMILES string of the molecule is C/C=C/C(CNC)Sc1cc[c]cc1. The lowest BCUT2D eigenvalue weighted by atomic mass is 10.4. The second-order valence-electron chi connectivity index (χ2n) is 2.98. The Morgan fingerprint density at radius 2 is 2.21 bits per heavy atom. The first-order valence-electron chi connectivity index (χ1n) is 4.77. The summed E-state index contributed by atoms with van der Waals surface area (Å²) in [5.41, 5.74) is 0. The molecule has 0 bridgehead atoms. The summed E-state index contributed by atoms with van der Waals surface area (Å²) >= 11 is 1.87. The molecular weight excluding hydrogens is 190 g/mol. The number of rotatable bonds is 5. The molecule has 1 atom stereocenters. The molecule has 0 spiro atoms. The standard InChI is InChI=1S/C12H16NS/c1-3-7-12(10-13-2)14-11-8-5-4-6-9-11/h3,5-9,12-13H,10H2,1-2H3/b7-3+. The van der Waals surface area contributed by atoms with E-state index in [1.165, 1.54) is 4.90 Å². The molecular formula is C12H16NS. The normalized spacial score (nSPS) is 13.3. The van der Waals surface area contributed by atoms with Crippen LogP contribution in [0.1, 0.15) is 6.92 Å². The van der Waals surface area contributed by atoms with E-state index in [4.69, 9.17) is 0 Å². The Hall–Kier alpha value is -0.730. The molecule has 1 aromatic carbocycles. The molecule has 0 aromatic heterocycles. The number of benzene rings is 1. The fourth-order valence-corrected chi connectivity index (χ4v) is 2.32. The number of nitrogens with one attached hydrogen (secondary N) is 1. The number of thioether (sulfide) groups is 1. The van der Waals surface area contributed by atoms with Gasteiger partial charge in [-0.3, -0.25) is 0 Å². The highest BCUT2D eigenvalue weighted by Crippen LogP contribution is 2.23. The van der Waals surface area contributed by atoms with Crippen molar-refractivity contribution in [1.82, 2.24) is 5.32 Å². The third-order valence-corrected chi connectivity index (χ3v) is 2.96. The summed E-state index contributed by atoms with van der Waals surface area (Å²) in [5, 5.41) is 3.70. The van der Waals surface area contributed by atoms with Crippen LogP contribution in [0.4, 0.5) is 0 Å². The predicted molar refractivity (Wildman–Crippen MR) is 63.7 cm³/mol. The van der Waals surface area contributed by atoms with Crippen molar-refractivity contribution in [3.8, 4) is 0 Å². The van der Waals surface area contributed by atoms with Crippen molar-refractivity contribution in [3.63, 3.8) is 0 Å². The Balaban J connectivity index is 2.55. The molecule has 0 saturated heterocycles. The van der Waals surface area contributed by atoms with Gasteiger partial charge in [0.05, 0.1) is 0 Å². The van der Waals surface area contributed by atoms with Crippen LogP contribution in [0.15, 0.2) is 41.3 Å². The molecule has 14 heavy (non-hydrogen) atoms. The first-order valence-corrected chi connectivity index (χ1v) is 5.65. The van der Waals surface area contributed by atoms with Crippen molar-refractivity contribution in [2.45, 2.75) is 17.1 Å². The second kappa shape index (κ2) is 6.68. The summed E-state index contributed by atoms with van der Waals surface area (Å²) in [7, 11) is 1.98. The van der Waals surface area contributed by atoms with Gasteiger partial charge in [-0.15, -0.1) is 11.8 Å². The Kier molecular flexibility index (Phi) is 5.42. The summed E-state index contributed by atoms with van der Waals surface area (Å²) < 4.78 is 0. The lowest BCUT2D eigenvalue weighted by Gasteiger charge is -2.11. The maximum atomic E-state index is 3.19. The van der Waals surface area contributed by atoms with Crippen molar-refractivity contribution < 1.29 is 0 Å². The van der Waals surface area contributed by atoms with Crippen LogP contribution in [-0.4, -0.2) is 18.8 Å². The Bertz CT molecular complexity index is 269. The monoisotopic (exact) mass is 206 g/mol. The van der Waals surface area contributed by atoms with Crippen molar-refractivity contribution >= 4 is 11.8 Å². The molecule has 0 amide bonds. The molecule has 75 valence electrons. The minimum Gasteiger partial charge on any atom is -0.318 e. The maximum absolute atomic E-state index is 3.19. The van der Waals surface area contributed by atoms with E-state index in [-0.39, 0.29) is 0 Å². The topological polar surface area (TPSA) is 12.0 Å². The van der Waals surface area contributed by atoms with Gasteiger partial charge in [-0.25, -0.2) is 0 Å². The Labute approximate surface area is 90.6 Å². The molecule has 1 radical (unpaired) electrons. The summed E-state index contributed by atoms with van der Waals surface area (Å²) in [6.45, 7) is 3.05. The molecule has 0 aliphatic rings. The minimum atomic E-state index is 0.507. The first-order chi connectivity index (χ1) is 6.86. The van der Waals surface area contributed by atoms with Crippen LogP contribution in [0.5, 0.6) is 0 Å². The van der Waals surface area contributed by atoms with Gasteiger partial charge in [-0.1, -0.05) is 24.3 Å². The van der Waals surface area contributed by atoms with Gasteiger partial charge >= 0.3 is 0 Å². The molecule has 2 heteroatoms. The summed E-state index contributed by atoms with van der Waals surface area (Å²) in [4.78, 5) is 1.29. The lowest BCUT2D eigenvalue weighted by Crippen LogP contribution is -2.18. The molecule has 0 saturated carbocycles. The largest absolute Gasteiger partial charge is 0.318 e. The van der Waals surface area contributed by atoms with Gasteiger partial charge in [0.2, 0.25) is 0 Å². The Morgan fingerprint density at radius 1 is 1.50 bits per heavy atom. The van der Waals surface area contributed by atoms with Gasteiger partial charge in [0, 0.05) is 16.7 Å². The minimum absolute atomic E-state index is 0.507. The second-order valence-corrected chi connectivity index (χ2v) is 4.29. The third-order valence-electron chi connectivity index (χ3n) is 1.79. The average Bonchev–Trinajstić information content (AvgIpc) is 2.20. The summed E-state index contributed by atoms with van der Waals surface area (Å²) in [5.74, 6) is 0. The van der Waals surface area contributed by atoms with E-state index in [9.17, 15) is 0 Å². The van der Waals surface area contributed by atoms with E-state index in [0.29, 0.717) is 5.25 Å². The van der Waals surface area contributed by atoms with Crippen LogP contribution in [0.2, 0.25) is 0 Å². The van der Waals surface area contributed by atoms with Crippen LogP contribution >= 0.6 is 11.8 Å². The highest BCUT2D eigenvalue weighted by molar-refractivity contribution is 8.00. The van der Waals surface area contributed by atoms with Crippen molar-refractivity contribution in [1.29, 1.82) is 0 Å². The number of hydrogen-bond donors (Lipinski definition) is 1. The van der Waals surface area contributed by atoms with Gasteiger partial charge in [-0.2, -0.15) is 0 Å². The van der Waals surface area contributed by atoms with Crippen LogP contribution in [-0.2, 0) is 0 Å². The zero-order valence-electron chi connectivity index (χ0n) is 8.66. The fraction of sp³-hybridized carbons (Fsp3) is 0.333. The molecule has 0 aliphatic heterocycles. The van der Waals surface area contributed by atoms with Gasteiger partial charge in [0.1, 0.15) is 0 Å². The predicted octanol–water partition coefficient (Wildman–Crippen LogP) is 2.74. The highest BCUT2D eigenvalue weighted by Gasteiger charge is 2.04. The maximum Gasteiger partial charge on any atom is 0.0399 e. The average molecular weight is 206 g/mol. The van der Waals surface area contributed by atoms with E-state index in [1.807, 2.05) is 30.9 Å². The molecule has 0 heterocycles. The highest BCUT2D eigenvalue weighted by atomic mass is 32.2. The van der Waals surface area contributed by atoms with Gasteiger partial charge in [0.15, 0.2) is 0 Å². The summed E-state index contributed by atoms with van der Waals surface area (Å²) in [6.07, 6.45) is 4.32. The van der Waals surface area contributed by atoms with Crippen molar-refractivity contribution in [3.05, 3.63) is 42.5 Å². The van der Waals surface area contributed by atoms with Gasteiger partial charge in [0.25, 0.3) is 0 Å². The molecule has 1 aromatic rings. The van der Waals surface area contributed by atoms with E-state index in [0.717, 1.165) is 6.54 Å². The Morgan fingerprint density at radius 3 is 2.79 bits per heavy atom. The van der Waals surface area contributed by atoms with E-state index >= 15 is 0 Å². The lowest BCUT2D eigenvalue weighted by molar-refractivity contribution is 0.817. The molecule has 1 unspecified atom stereocenters. The molecule has 0 fully saturated rings. The van der Waals surface area contributed by atoms with Crippen LogP contribution in [0, 0.1) is 6.07 Å². The van der Waals surface area contributed by atoms with Gasteiger partial charge < -0.3 is 5.32 Å². The summed E-state index contributed by atoms with van der Waals surface area (Å²) in [6, 6.07) is 11.1. The first kappa shape index (κ1) is 11.3. The molecule has 1 rings (SSSR count). The van der Waals surface area contributed by atoms with Crippen molar-refractivity contribution in [2.75, 3.05) is 13.6 Å². The number of hydrogen-bond acceptors (Lipinski definition) is 2. The third kappa shape index (κ3) is 3.99. The quantitative estimate of drug-likeness (QED) is 0.587. The fourth-order valence-electron chi connectivity index (χ4n) is 1.19. The van der Waals surface area contributed by atoms with Crippen LogP contribution < -0.4 is 5.32 Å².